The smallest absolute Gasteiger partial charge is 0.225 e. The quantitative estimate of drug-likeness (QED) is 0.902. The molecule has 0 unspecified atom stereocenters. The molecule has 0 radical (unpaired) electrons. The van der Waals surface area contributed by atoms with Gasteiger partial charge in [-0.1, -0.05) is 12.1 Å². The third-order valence-corrected chi connectivity index (χ3v) is 5.92. The van der Waals surface area contributed by atoms with Gasteiger partial charge < -0.3 is 10.2 Å². The Kier molecular flexibility index (Phi) is 5.07. The topological polar surface area (TPSA) is 61.4 Å². The van der Waals surface area contributed by atoms with Gasteiger partial charge in [0.05, 0.1) is 0 Å². The second-order valence-electron chi connectivity index (χ2n) is 7.66. The molecule has 6 nitrogen and oxygen atoms in total. The van der Waals surface area contributed by atoms with E-state index >= 15 is 0 Å². The Hall–Kier alpha value is -2.47. The van der Waals surface area contributed by atoms with Crippen molar-refractivity contribution in [1.82, 2.24) is 14.9 Å². The summed E-state index contributed by atoms with van der Waals surface area (Å²) in [4.78, 5) is 25.0. The van der Waals surface area contributed by atoms with Gasteiger partial charge in [-0.05, 0) is 56.0 Å². The van der Waals surface area contributed by atoms with Gasteiger partial charge in [-0.25, -0.2) is 9.97 Å². The number of rotatable bonds is 4. The van der Waals surface area contributed by atoms with Crippen molar-refractivity contribution in [2.75, 3.05) is 29.9 Å². The molecule has 2 aliphatic rings. The molecule has 2 aliphatic heterocycles. The predicted molar refractivity (Wildman–Crippen MR) is 107 cm³/mol. The lowest BCUT2D eigenvalue weighted by molar-refractivity contribution is -0.114. The van der Waals surface area contributed by atoms with Crippen LogP contribution >= 0.6 is 0 Å². The molecule has 4 rings (SSSR count). The largest absolute Gasteiger partial charge is 0.341 e. The summed E-state index contributed by atoms with van der Waals surface area (Å²) in [6.07, 6.45) is 8.51. The molecule has 2 fully saturated rings. The summed E-state index contributed by atoms with van der Waals surface area (Å²) in [5, 5.41) is 2.83. The van der Waals surface area contributed by atoms with Gasteiger partial charge in [0, 0.05) is 50.2 Å². The SMILES string of the molecule is CC(=O)Nc1ccc(CN2CCCC23CCN(c2ncccn2)CC3)cc1. The Morgan fingerprint density at radius 2 is 1.78 bits per heavy atom. The van der Waals surface area contributed by atoms with Gasteiger partial charge in [0.15, 0.2) is 0 Å². The minimum absolute atomic E-state index is 0.0320. The van der Waals surface area contributed by atoms with Crippen LogP contribution < -0.4 is 10.2 Å². The van der Waals surface area contributed by atoms with Crippen LogP contribution in [-0.4, -0.2) is 45.9 Å². The van der Waals surface area contributed by atoms with Gasteiger partial charge in [0.25, 0.3) is 0 Å². The van der Waals surface area contributed by atoms with Crippen molar-refractivity contribution < 1.29 is 4.79 Å². The van der Waals surface area contributed by atoms with E-state index in [1.54, 1.807) is 0 Å². The van der Waals surface area contributed by atoms with E-state index in [0.29, 0.717) is 5.54 Å². The van der Waals surface area contributed by atoms with Crippen molar-refractivity contribution in [3.63, 3.8) is 0 Å². The van der Waals surface area contributed by atoms with Crippen LogP contribution in [-0.2, 0) is 11.3 Å². The summed E-state index contributed by atoms with van der Waals surface area (Å²) in [5.41, 5.74) is 2.47. The molecular formula is C21H27N5O. The zero-order valence-corrected chi connectivity index (χ0v) is 15.9. The van der Waals surface area contributed by atoms with E-state index < -0.39 is 0 Å². The number of carbonyl (C=O) groups excluding carboxylic acids is 1. The zero-order valence-electron chi connectivity index (χ0n) is 15.9. The van der Waals surface area contributed by atoms with Gasteiger partial charge in [-0.2, -0.15) is 0 Å². The van der Waals surface area contributed by atoms with Crippen molar-refractivity contribution in [3.8, 4) is 0 Å². The second kappa shape index (κ2) is 7.64. The molecule has 0 atom stereocenters. The van der Waals surface area contributed by atoms with Gasteiger partial charge in [-0.15, -0.1) is 0 Å². The number of aromatic nitrogens is 2. The Morgan fingerprint density at radius 3 is 2.44 bits per heavy atom. The number of benzene rings is 1. The molecule has 142 valence electrons. The maximum atomic E-state index is 11.2. The monoisotopic (exact) mass is 365 g/mol. The van der Waals surface area contributed by atoms with Crippen LogP contribution in [0.2, 0.25) is 0 Å². The molecule has 1 aromatic heterocycles. The van der Waals surface area contributed by atoms with E-state index in [-0.39, 0.29) is 5.91 Å². The molecule has 2 aromatic rings. The molecule has 0 bridgehead atoms. The number of hydrogen-bond acceptors (Lipinski definition) is 5. The fourth-order valence-corrected chi connectivity index (χ4v) is 4.50. The first-order valence-electron chi connectivity index (χ1n) is 9.78. The summed E-state index contributed by atoms with van der Waals surface area (Å²) in [6, 6.07) is 10.1. The lowest BCUT2D eigenvalue weighted by Gasteiger charge is -2.45. The van der Waals surface area contributed by atoms with E-state index in [1.165, 1.54) is 25.3 Å². The number of carbonyl (C=O) groups is 1. The molecule has 1 N–H and O–H groups in total. The first kappa shape index (κ1) is 17.9. The summed E-state index contributed by atoms with van der Waals surface area (Å²) in [7, 11) is 0. The fourth-order valence-electron chi connectivity index (χ4n) is 4.50. The molecule has 1 amide bonds. The fraction of sp³-hybridized carbons (Fsp3) is 0.476. The first-order valence-corrected chi connectivity index (χ1v) is 9.78. The molecule has 2 saturated heterocycles. The number of likely N-dealkylation sites (tertiary alicyclic amines) is 1. The van der Waals surface area contributed by atoms with Gasteiger partial charge in [-0.3, -0.25) is 9.69 Å². The van der Waals surface area contributed by atoms with Crippen LogP contribution in [0.15, 0.2) is 42.7 Å². The highest BCUT2D eigenvalue weighted by atomic mass is 16.1. The van der Waals surface area contributed by atoms with Crippen LogP contribution in [0.1, 0.15) is 38.2 Å². The van der Waals surface area contributed by atoms with Crippen LogP contribution in [0, 0.1) is 0 Å². The predicted octanol–water partition coefficient (Wildman–Crippen LogP) is 3.07. The van der Waals surface area contributed by atoms with E-state index in [0.717, 1.165) is 50.7 Å². The second-order valence-corrected chi connectivity index (χ2v) is 7.66. The number of anilines is 2. The number of piperidine rings is 1. The molecule has 6 heteroatoms. The molecular weight excluding hydrogens is 338 g/mol. The number of amides is 1. The molecule has 1 spiro atoms. The zero-order chi connectivity index (χ0) is 18.7. The van der Waals surface area contributed by atoms with Crippen LogP contribution in [0.4, 0.5) is 11.6 Å². The molecule has 0 aliphatic carbocycles. The molecule has 3 heterocycles. The minimum Gasteiger partial charge on any atom is -0.341 e. The number of hydrogen-bond donors (Lipinski definition) is 1. The Morgan fingerprint density at radius 1 is 1.07 bits per heavy atom. The molecule has 1 aromatic carbocycles. The van der Waals surface area contributed by atoms with Crippen molar-refractivity contribution in [2.24, 2.45) is 0 Å². The van der Waals surface area contributed by atoms with Crippen molar-refractivity contribution in [2.45, 2.75) is 44.7 Å². The maximum absolute atomic E-state index is 11.2. The van der Waals surface area contributed by atoms with Crippen LogP contribution in [0.3, 0.4) is 0 Å². The standard InChI is InChI=1S/C21H27N5O/c1-17(27)24-19-6-4-18(5-7-19)16-26-13-2-8-21(26)9-14-25(15-10-21)20-22-11-3-12-23-20/h3-7,11-12H,2,8-10,13-16H2,1H3,(H,24,27). The normalized spacial score (nSPS) is 19.4. The Balaban J connectivity index is 1.40. The lowest BCUT2D eigenvalue weighted by atomic mass is 9.85. The van der Waals surface area contributed by atoms with Crippen LogP contribution in [0.5, 0.6) is 0 Å². The summed E-state index contributed by atoms with van der Waals surface area (Å²) in [6.45, 7) is 5.70. The number of nitrogens with one attached hydrogen (secondary N) is 1. The van der Waals surface area contributed by atoms with Crippen molar-refractivity contribution >= 4 is 17.5 Å². The summed E-state index contributed by atoms with van der Waals surface area (Å²) in [5.74, 6) is 0.820. The Labute approximate surface area is 160 Å². The minimum atomic E-state index is -0.0320. The highest BCUT2D eigenvalue weighted by molar-refractivity contribution is 5.88. The summed E-state index contributed by atoms with van der Waals surface area (Å²) >= 11 is 0. The average molecular weight is 365 g/mol. The van der Waals surface area contributed by atoms with Crippen molar-refractivity contribution in [3.05, 3.63) is 48.3 Å². The van der Waals surface area contributed by atoms with E-state index in [1.807, 2.05) is 30.6 Å². The third kappa shape index (κ3) is 3.95. The molecule has 0 saturated carbocycles. The van der Waals surface area contributed by atoms with Crippen LogP contribution in [0.25, 0.3) is 0 Å². The van der Waals surface area contributed by atoms with Crippen molar-refractivity contribution in [1.29, 1.82) is 0 Å². The third-order valence-electron chi connectivity index (χ3n) is 5.92. The highest BCUT2D eigenvalue weighted by Crippen LogP contribution is 2.39. The highest BCUT2D eigenvalue weighted by Gasteiger charge is 2.43. The first-order chi connectivity index (χ1) is 13.1. The van der Waals surface area contributed by atoms with Gasteiger partial charge in [0.1, 0.15) is 0 Å². The number of nitrogens with zero attached hydrogens (tertiary/aromatic N) is 4. The van der Waals surface area contributed by atoms with E-state index in [9.17, 15) is 4.79 Å². The lowest BCUT2D eigenvalue weighted by Crippen LogP contribution is -2.52. The van der Waals surface area contributed by atoms with E-state index in [4.69, 9.17) is 0 Å². The molecule has 27 heavy (non-hydrogen) atoms. The summed E-state index contributed by atoms with van der Waals surface area (Å²) < 4.78 is 0. The average Bonchev–Trinajstić information content (AvgIpc) is 3.06. The van der Waals surface area contributed by atoms with Gasteiger partial charge in [0.2, 0.25) is 11.9 Å². The Bertz CT molecular complexity index is 769. The van der Waals surface area contributed by atoms with Gasteiger partial charge >= 0.3 is 0 Å². The van der Waals surface area contributed by atoms with E-state index in [2.05, 4.69) is 37.2 Å². The maximum Gasteiger partial charge on any atom is 0.225 e.